The lowest BCUT2D eigenvalue weighted by atomic mass is 9.69. The van der Waals surface area contributed by atoms with Gasteiger partial charge in [-0.1, -0.05) is 19.1 Å². The minimum Gasteiger partial charge on any atom is -0.501 e. The van der Waals surface area contributed by atoms with E-state index >= 15 is 0 Å². The molecule has 2 heterocycles. The van der Waals surface area contributed by atoms with Crippen LogP contribution in [0.25, 0.3) is 0 Å². The molecule has 0 amide bonds. The smallest absolute Gasteiger partial charge is 0.231 e. The van der Waals surface area contributed by atoms with Crippen LogP contribution in [0, 0.1) is 17.8 Å². The van der Waals surface area contributed by atoms with E-state index in [9.17, 15) is 5.11 Å². The molecule has 2 aliphatic heterocycles. The van der Waals surface area contributed by atoms with Crippen molar-refractivity contribution in [3.05, 3.63) is 48.3 Å². The lowest BCUT2D eigenvalue weighted by Gasteiger charge is -2.43. The zero-order chi connectivity index (χ0) is 19.2. The molecule has 1 fully saturated rings. The van der Waals surface area contributed by atoms with Crippen molar-refractivity contribution < 1.29 is 28.8 Å². The summed E-state index contributed by atoms with van der Waals surface area (Å²) in [6.07, 6.45) is 3.44. The molecular formula is C21H26O6. The minimum atomic E-state index is -1.44. The molecule has 1 aromatic rings. The summed E-state index contributed by atoms with van der Waals surface area (Å²) in [5.74, 6) is 0.587. The van der Waals surface area contributed by atoms with Gasteiger partial charge in [-0.05, 0) is 36.1 Å². The van der Waals surface area contributed by atoms with Gasteiger partial charge in [0.1, 0.15) is 6.10 Å². The lowest BCUT2D eigenvalue weighted by Crippen LogP contribution is -2.53. The van der Waals surface area contributed by atoms with Gasteiger partial charge in [-0.2, -0.15) is 0 Å². The Bertz CT molecular complexity index is 759. The average Bonchev–Trinajstić information content (AvgIpc) is 3.24. The highest BCUT2D eigenvalue weighted by Gasteiger charge is 2.62. The summed E-state index contributed by atoms with van der Waals surface area (Å²) in [4.78, 5) is 0. The fourth-order valence-electron chi connectivity index (χ4n) is 4.80. The Kier molecular flexibility index (Phi) is 4.66. The van der Waals surface area contributed by atoms with Gasteiger partial charge in [0.15, 0.2) is 11.5 Å². The molecule has 0 aromatic heterocycles. The summed E-state index contributed by atoms with van der Waals surface area (Å²) in [6.45, 7) is 6.19. The third kappa shape index (κ3) is 2.74. The maximum absolute atomic E-state index is 11.5. The fraction of sp³-hybridized carbons (Fsp3) is 0.524. The Labute approximate surface area is 159 Å². The van der Waals surface area contributed by atoms with Gasteiger partial charge in [0, 0.05) is 18.9 Å². The average molecular weight is 374 g/mol. The van der Waals surface area contributed by atoms with Gasteiger partial charge in [-0.15, -0.1) is 6.58 Å². The summed E-state index contributed by atoms with van der Waals surface area (Å²) >= 11 is 0. The fourth-order valence-corrected chi connectivity index (χ4v) is 4.80. The number of methoxy groups -OCH3 is 2. The van der Waals surface area contributed by atoms with E-state index in [1.807, 2.05) is 30.4 Å². The van der Waals surface area contributed by atoms with Crippen LogP contribution in [0.5, 0.6) is 11.5 Å². The third-order valence-electron chi connectivity index (χ3n) is 5.99. The van der Waals surface area contributed by atoms with E-state index in [-0.39, 0.29) is 30.7 Å². The Balaban J connectivity index is 1.73. The SMILES string of the molecule is C=CCC1C(OC)=CC(OC)C2(O)OC(c3ccc4c(c3)OCO4)C(C)C12. The van der Waals surface area contributed by atoms with Crippen LogP contribution in [0.4, 0.5) is 0 Å². The maximum atomic E-state index is 11.5. The minimum absolute atomic E-state index is 0.0248. The molecule has 27 heavy (non-hydrogen) atoms. The molecule has 6 nitrogen and oxygen atoms in total. The predicted molar refractivity (Wildman–Crippen MR) is 98.2 cm³/mol. The molecule has 6 unspecified atom stereocenters. The van der Waals surface area contributed by atoms with Gasteiger partial charge in [-0.25, -0.2) is 0 Å². The van der Waals surface area contributed by atoms with Crippen molar-refractivity contribution in [1.82, 2.24) is 0 Å². The van der Waals surface area contributed by atoms with Gasteiger partial charge in [-0.3, -0.25) is 0 Å². The largest absolute Gasteiger partial charge is 0.501 e. The van der Waals surface area contributed by atoms with E-state index in [1.165, 1.54) is 0 Å². The molecule has 0 saturated carbocycles. The first kappa shape index (κ1) is 18.3. The highest BCUT2D eigenvalue weighted by molar-refractivity contribution is 5.45. The molecule has 0 spiro atoms. The molecule has 0 bridgehead atoms. The van der Waals surface area contributed by atoms with E-state index in [4.69, 9.17) is 23.7 Å². The van der Waals surface area contributed by atoms with Crippen LogP contribution >= 0.6 is 0 Å². The quantitative estimate of drug-likeness (QED) is 0.799. The van der Waals surface area contributed by atoms with Gasteiger partial charge < -0.3 is 28.8 Å². The molecule has 6 atom stereocenters. The summed E-state index contributed by atoms with van der Waals surface area (Å²) in [5.41, 5.74) is 0.945. The first-order valence-electron chi connectivity index (χ1n) is 9.22. The number of allylic oxidation sites excluding steroid dienone is 2. The lowest BCUT2D eigenvalue weighted by molar-refractivity contribution is -0.270. The second-order valence-electron chi connectivity index (χ2n) is 7.35. The van der Waals surface area contributed by atoms with Crippen molar-refractivity contribution in [3.8, 4) is 11.5 Å². The predicted octanol–water partition coefficient (Wildman–Crippen LogP) is 3.18. The maximum Gasteiger partial charge on any atom is 0.231 e. The highest BCUT2D eigenvalue weighted by atomic mass is 16.7. The van der Waals surface area contributed by atoms with Crippen molar-refractivity contribution in [2.24, 2.45) is 17.8 Å². The molecule has 1 N–H and O–H groups in total. The van der Waals surface area contributed by atoms with Crippen LogP contribution in [0.1, 0.15) is 25.0 Å². The molecule has 146 valence electrons. The molecular weight excluding hydrogens is 348 g/mol. The number of rotatable bonds is 5. The number of hydrogen-bond acceptors (Lipinski definition) is 6. The van der Waals surface area contributed by atoms with E-state index in [1.54, 1.807) is 14.2 Å². The summed E-state index contributed by atoms with van der Waals surface area (Å²) in [5, 5.41) is 11.5. The first-order chi connectivity index (χ1) is 13.0. The molecule has 4 rings (SSSR count). The van der Waals surface area contributed by atoms with Crippen LogP contribution in [0.15, 0.2) is 42.7 Å². The summed E-state index contributed by atoms with van der Waals surface area (Å²) < 4.78 is 28.4. The van der Waals surface area contributed by atoms with E-state index < -0.39 is 11.9 Å². The molecule has 1 saturated heterocycles. The van der Waals surface area contributed by atoms with Crippen LogP contribution in [0.2, 0.25) is 0 Å². The third-order valence-corrected chi connectivity index (χ3v) is 5.99. The number of fused-ring (bicyclic) bond motifs is 2. The number of ether oxygens (including phenoxy) is 5. The Hall–Kier alpha value is -2.02. The molecule has 3 aliphatic rings. The number of aliphatic hydroxyl groups is 1. The summed E-state index contributed by atoms with van der Waals surface area (Å²) in [6, 6.07) is 5.77. The van der Waals surface area contributed by atoms with Gasteiger partial charge >= 0.3 is 0 Å². The van der Waals surface area contributed by atoms with E-state index in [2.05, 4.69) is 13.5 Å². The van der Waals surface area contributed by atoms with Crippen molar-refractivity contribution in [2.75, 3.05) is 21.0 Å². The van der Waals surface area contributed by atoms with Crippen molar-refractivity contribution >= 4 is 0 Å². The Morgan fingerprint density at radius 1 is 1.30 bits per heavy atom. The highest BCUT2D eigenvalue weighted by Crippen LogP contribution is 2.57. The van der Waals surface area contributed by atoms with E-state index in [0.29, 0.717) is 12.2 Å². The number of benzene rings is 1. The zero-order valence-electron chi connectivity index (χ0n) is 15.9. The molecule has 6 heteroatoms. The van der Waals surface area contributed by atoms with Crippen molar-refractivity contribution in [3.63, 3.8) is 0 Å². The van der Waals surface area contributed by atoms with Crippen molar-refractivity contribution in [1.29, 1.82) is 0 Å². The van der Waals surface area contributed by atoms with Crippen LogP contribution < -0.4 is 9.47 Å². The normalized spacial score (nSPS) is 36.9. The van der Waals surface area contributed by atoms with Gasteiger partial charge in [0.2, 0.25) is 12.6 Å². The van der Waals surface area contributed by atoms with Gasteiger partial charge in [0.05, 0.1) is 19.0 Å². The second-order valence-corrected chi connectivity index (χ2v) is 7.35. The van der Waals surface area contributed by atoms with Crippen LogP contribution in [-0.4, -0.2) is 38.0 Å². The second kappa shape index (κ2) is 6.86. The first-order valence-corrected chi connectivity index (χ1v) is 9.22. The van der Waals surface area contributed by atoms with Gasteiger partial charge in [0.25, 0.3) is 0 Å². The van der Waals surface area contributed by atoms with Crippen molar-refractivity contribution in [2.45, 2.75) is 31.3 Å². The monoisotopic (exact) mass is 374 g/mol. The Morgan fingerprint density at radius 3 is 2.78 bits per heavy atom. The molecule has 1 aliphatic carbocycles. The number of hydrogen-bond donors (Lipinski definition) is 1. The van der Waals surface area contributed by atoms with Crippen LogP contribution in [0.3, 0.4) is 0 Å². The topological polar surface area (TPSA) is 66.4 Å². The van der Waals surface area contributed by atoms with E-state index in [0.717, 1.165) is 17.1 Å². The van der Waals surface area contributed by atoms with Crippen LogP contribution in [-0.2, 0) is 14.2 Å². The Morgan fingerprint density at radius 2 is 2.07 bits per heavy atom. The zero-order valence-corrected chi connectivity index (χ0v) is 15.9. The molecule has 0 radical (unpaired) electrons. The standard InChI is InChI=1S/C21H26O6/c1-5-6-14-16(23-3)10-18(24-4)21(22)19(14)12(2)20(27-21)13-7-8-15-17(9-13)26-11-25-15/h5,7-10,12,14,18-20,22H,1,6,11H2,2-4H3. The molecule has 1 aromatic carbocycles. The summed E-state index contributed by atoms with van der Waals surface area (Å²) in [7, 11) is 3.22.